The van der Waals surface area contributed by atoms with Gasteiger partial charge < -0.3 is 19.3 Å². The molecule has 0 aromatic heterocycles. The average molecular weight is 280 g/mol. The smallest absolute Gasteiger partial charge is 0.341 e. The summed E-state index contributed by atoms with van der Waals surface area (Å²) in [5.41, 5.74) is 0.810. The summed E-state index contributed by atoms with van der Waals surface area (Å²) in [7, 11) is 0. The Bertz CT molecular complexity index is 496. The van der Waals surface area contributed by atoms with Crippen molar-refractivity contribution < 1.29 is 28.9 Å². The minimum Gasteiger partial charge on any atom is -0.479 e. The van der Waals surface area contributed by atoms with Crippen molar-refractivity contribution in [3.8, 4) is 0 Å². The van der Waals surface area contributed by atoms with E-state index in [0.29, 0.717) is 0 Å². The van der Waals surface area contributed by atoms with Crippen molar-refractivity contribution in [2.24, 2.45) is 0 Å². The van der Waals surface area contributed by atoms with Crippen LogP contribution in [0.25, 0.3) is 0 Å². The maximum absolute atomic E-state index is 11.7. The van der Waals surface area contributed by atoms with Crippen LogP contribution in [0.1, 0.15) is 19.4 Å². The SMILES string of the molecule is CC1(C)OC(=O)[C@@H]([C@@H](OCc2ccccc2)C(=O)O)O1. The molecule has 1 aromatic rings. The number of esters is 1. The highest BCUT2D eigenvalue weighted by Gasteiger charge is 2.48. The van der Waals surface area contributed by atoms with Crippen molar-refractivity contribution in [3.63, 3.8) is 0 Å². The quantitative estimate of drug-likeness (QED) is 0.819. The Balaban J connectivity index is 2.05. The number of ether oxygens (including phenoxy) is 3. The second-order valence-corrected chi connectivity index (χ2v) is 4.91. The minimum atomic E-state index is -1.40. The summed E-state index contributed by atoms with van der Waals surface area (Å²) in [5, 5.41) is 9.19. The zero-order chi connectivity index (χ0) is 14.8. The maximum atomic E-state index is 11.7. The van der Waals surface area contributed by atoms with Gasteiger partial charge in [-0.1, -0.05) is 30.3 Å². The van der Waals surface area contributed by atoms with Crippen molar-refractivity contribution in [1.82, 2.24) is 0 Å². The van der Waals surface area contributed by atoms with E-state index in [9.17, 15) is 14.7 Å². The molecule has 0 saturated carbocycles. The van der Waals surface area contributed by atoms with E-state index in [1.807, 2.05) is 18.2 Å². The number of benzene rings is 1. The van der Waals surface area contributed by atoms with E-state index >= 15 is 0 Å². The fourth-order valence-corrected chi connectivity index (χ4v) is 1.91. The third-order valence-corrected chi connectivity index (χ3v) is 2.78. The van der Waals surface area contributed by atoms with Gasteiger partial charge in [0.15, 0.2) is 12.2 Å². The van der Waals surface area contributed by atoms with E-state index < -0.39 is 29.9 Å². The first-order valence-corrected chi connectivity index (χ1v) is 6.18. The number of hydrogen-bond acceptors (Lipinski definition) is 5. The summed E-state index contributed by atoms with van der Waals surface area (Å²) >= 11 is 0. The number of carbonyl (C=O) groups excluding carboxylic acids is 1. The Hall–Kier alpha value is -1.92. The summed E-state index contributed by atoms with van der Waals surface area (Å²) in [6.45, 7) is 3.16. The molecule has 1 aliphatic heterocycles. The first kappa shape index (κ1) is 14.5. The van der Waals surface area contributed by atoms with Gasteiger partial charge in [-0.15, -0.1) is 0 Å². The van der Waals surface area contributed by atoms with Gasteiger partial charge in [-0.2, -0.15) is 0 Å². The van der Waals surface area contributed by atoms with Crippen LogP contribution in [0.3, 0.4) is 0 Å². The Kier molecular flexibility index (Phi) is 4.06. The molecule has 1 aromatic carbocycles. The monoisotopic (exact) mass is 280 g/mol. The molecule has 0 radical (unpaired) electrons. The lowest BCUT2D eigenvalue weighted by Crippen LogP contribution is -2.41. The predicted octanol–water partition coefficient (Wildman–Crippen LogP) is 1.33. The van der Waals surface area contributed by atoms with E-state index in [4.69, 9.17) is 14.2 Å². The number of aliphatic carboxylic acids is 1. The highest BCUT2D eigenvalue weighted by atomic mass is 16.8. The normalized spacial score (nSPS) is 22.3. The molecule has 1 aliphatic rings. The highest BCUT2D eigenvalue weighted by molar-refractivity contribution is 5.85. The lowest BCUT2D eigenvalue weighted by Gasteiger charge is -2.19. The van der Waals surface area contributed by atoms with Crippen molar-refractivity contribution in [1.29, 1.82) is 0 Å². The van der Waals surface area contributed by atoms with Crippen molar-refractivity contribution in [2.75, 3.05) is 0 Å². The van der Waals surface area contributed by atoms with Gasteiger partial charge in [-0.05, 0) is 5.56 Å². The fourth-order valence-electron chi connectivity index (χ4n) is 1.91. The Labute approximate surface area is 116 Å². The van der Waals surface area contributed by atoms with Crippen LogP contribution in [-0.2, 0) is 30.4 Å². The van der Waals surface area contributed by atoms with Gasteiger partial charge in [0.25, 0.3) is 0 Å². The number of cyclic esters (lactones) is 1. The zero-order valence-corrected chi connectivity index (χ0v) is 11.2. The summed E-state index contributed by atoms with van der Waals surface area (Å²) < 4.78 is 15.5. The molecule has 1 saturated heterocycles. The summed E-state index contributed by atoms with van der Waals surface area (Å²) in [4.78, 5) is 22.9. The van der Waals surface area contributed by atoms with Gasteiger partial charge in [0.1, 0.15) is 0 Å². The van der Waals surface area contributed by atoms with Crippen LogP contribution < -0.4 is 0 Å². The lowest BCUT2D eigenvalue weighted by atomic mass is 10.2. The van der Waals surface area contributed by atoms with E-state index in [-0.39, 0.29) is 6.61 Å². The Morgan fingerprint density at radius 2 is 2.05 bits per heavy atom. The van der Waals surface area contributed by atoms with Crippen molar-refractivity contribution in [2.45, 2.75) is 38.4 Å². The molecule has 0 bridgehead atoms. The van der Waals surface area contributed by atoms with Crippen LogP contribution in [0.2, 0.25) is 0 Å². The highest BCUT2D eigenvalue weighted by Crippen LogP contribution is 2.27. The van der Waals surface area contributed by atoms with E-state index in [1.165, 1.54) is 0 Å². The standard InChI is InChI=1S/C14H16O6/c1-14(2)19-11(13(17)20-14)10(12(15)16)18-8-9-6-4-3-5-7-9/h3-7,10-11H,8H2,1-2H3,(H,15,16)/t10-,11-/m1/s1. The van der Waals surface area contributed by atoms with Crippen LogP contribution >= 0.6 is 0 Å². The molecule has 108 valence electrons. The van der Waals surface area contributed by atoms with Gasteiger partial charge in [-0.3, -0.25) is 0 Å². The van der Waals surface area contributed by atoms with Crippen LogP contribution in [0.15, 0.2) is 30.3 Å². The molecule has 2 rings (SSSR count). The molecular weight excluding hydrogens is 264 g/mol. The summed E-state index contributed by atoms with van der Waals surface area (Å²) in [6, 6.07) is 9.08. The number of carbonyl (C=O) groups is 2. The van der Waals surface area contributed by atoms with Gasteiger partial charge in [0.05, 0.1) is 6.61 Å². The van der Waals surface area contributed by atoms with Crippen LogP contribution in [-0.4, -0.2) is 35.0 Å². The molecule has 1 heterocycles. The Morgan fingerprint density at radius 3 is 2.55 bits per heavy atom. The Morgan fingerprint density at radius 1 is 1.40 bits per heavy atom. The van der Waals surface area contributed by atoms with E-state index in [2.05, 4.69) is 0 Å². The molecule has 0 amide bonds. The summed E-state index contributed by atoms with van der Waals surface area (Å²) in [5.74, 6) is -3.12. The third-order valence-electron chi connectivity index (χ3n) is 2.78. The van der Waals surface area contributed by atoms with Crippen molar-refractivity contribution >= 4 is 11.9 Å². The van der Waals surface area contributed by atoms with Crippen LogP contribution in [0.4, 0.5) is 0 Å². The molecule has 1 fully saturated rings. The number of hydrogen-bond donors (Lipinski definition) is 1. The molecular formula is C14H16O6. The van der Waals surface area contributed by atoms with E-state index in [0.717, 1.165) is 5.56 Å². The fraction of sp³-hybridized carbons (Fsp3) is 0.429. The average Bonchev–Trinajstić information content (AvgIpc) is 2.64. The number of rotatable bonds is 5. The topological polar surface area (TPSA) is 82.1 Å². The molecule has 20 heavy (non-hydrogen) atoms. The molecule has 0 unspecified atom stereocenters. The number of carboxylic acid groups (broad SMARTS) is 1. The minimum absolute atomic E-state index is 0.0748. The first-order chi connectivity index (χ1) is 9.39. The second kappa shape index (κ2) is 5.60. The van der Waals surface area contributed by atoms with Gasteiger partial charge >= 0.3 is 11.9 Å². The molecule has 0 aliphatic carbocycles. The second-order valence-electron chi connectivity index (χ2n) is 4.91. The molecule has 6 heteroatoms. The zero-order valence-electron chi connectivity index (χ0n) is 11.2. The molecule has 2 atom stereocenters. The van der Waals surface area contributed by atoms with Crippen LogP contribution in [0.5, 0.6) is 0 Å². The predicted molar refractivity (Wildman–Crippen MR) is 67.7 cm³/mol. The van der Waals surface area contributed by atoms with E-state index in [1.54, 1.807) is 26.0 Å². The van der Waals surface area contributed by atoms with Crippen LogP contribution in [0, 0.1) is 0 Å². The third kappa shape index (κ3) is 3.34. The maximum Gasteiger partial charge on any atom is 0.341 e. The first-order valence-electron chi connectivity index (χ1n) is 6.18. The lowest BCUT2D eigenvalue weighted by molar-refractivity contribution is -0.176. The van der Waals surface area contributed by atoms with Gasteiger partial charge in [0, 0.05) is 13.8 Å². The largest absolute Gasteiger partial charge is 0.479 e. The van der Waals surface area contributed by atoms with Crippen molar-refractivity contribution in [3.05, 3.63) is 35.9 Å². The molecule has 6 nitrogen and oxygen atoms in total. The molecule has 0 spiro atoms. The molecule has 1 N–H and O–H groups in total. The number of carboxylic acids is 1. The summed E-state index contributed by atoms with van der Waals surface area (Å²) in [6.07, 6.45) is -2.66. The van der Waals surface area contributed by atoms with Gasteiger partial charge in [0.2, 0.25) is 5.79 Å². The van der Waals surface area contributed by atoms with Gasteiger partial charge in [-0.25, -0.2) is 9.59 Å².